The molecule has 0 bridgehead atoms. The van der Waals surface area contributed by atoms with Crippen molar-refractivity contribution in [1.82, 2.24) is 14.9 Å². The van der Waals surface area contributed by atoms with Gasteiger partial charge in [-0.05, 0) is 18.6 Å². The molecule has 0 saturated heterocycles. The topological polar surface area (TPSA) is 218 Å². The smallest absolute Gasteiger partial charge is 0.351 e. The number of anilines is 1. The summed E-state index contributed by atoms with van der Waals surface area (Å²) >= 11 is 0. The monoisotopic (exact) mass is 458 g/mol. The predicted octanol–water partition coefficient (Wildman–Crippen LogP) is -6.12. The number of guanidine groups is 1. The minimum Gasteiger partial charge on any atom is -1.00 e. The molecule has 0 fully saturated rings. The zero-order valence-electron chi connectivity index (χ0n) is 16.8. The van der Waals surface area contributed by atoms with E-state index in [1.54, 1.807) is 11.6 Å². The van der Waals surface area contributed by atoms with Crippen LogP contribution >= 0.6 is 0 Å². The van der Waals surface area contributed by atoms with Crippen LogP contribution in [-0.4, -0.2) is 68.8 Å². The number of hydrogen-bond donors (Lipinski definition) is 6. The molecule has 31 heavy (non-hydrogen) atoms. The zero-order chi connectivity index (χ0) is 22.4. The van der Waals surface area contributed by atoms with E-state index < -0.39 is 42.0 Å². The fraction of sp³-hybridized carbons (Fsp3) is 0.471. The zero-order valence-corrected chi connectivity index (χ0v) is 17.6. The van der Waals surface area contributed by atoms with Gasteiger partial charge in [0.2, 0.25) is 5.91 Å². The highest BCUT2D eigenvalue weighted by Crippen LogP contribution is 2.20. The molecule has 172 valence electrons. The second kappa shape index (κ2) is 11.3. The summed E-state index contributed by atoms with van der Waals surface area (Å²) in [6.45, 7) is 0.465. The number of amides is 1. The summed E-state index contributed by atoms with van der Waals surface area (Å²) in [5.41, 5.74) is 21.6. The molecule has 4 atom stereocenters. The summed E-state index contributed by atoms with van der Waals surface area (Å²) < 4.78 is 8.18. The van der Waals surface area contributed by atoms with Crippen molar-refractivity contribution in [3.8, 4) is 0 Å². The van der Waals surface area contributed by atoms with E-state index in [-0.39, 0.29) is 30.6 Å². The molecule has 0 aromatic carbocycles. The number of hydrogen-bond acceptors (Lipinski definition) is 7. The maximum absolute atomic E-state index is 12.3. The predicted molar refractivity (Wildman–Crippen MR) is 107 cm³/mol. The van der Waals surface area contributed by atoms with E-state index in [4.69, 9.17) is 27.7 Å². The third-order valence-corrected chi connectivity index (χ3v) is 4.52. The number of carboxylic acids is 1. The third-order valence-electron chi connectivity index (χ3n) is 4.52. The molecule has 1 aromatic heterocycles. The van der Waals surface area contributed by atoms with Crippen molar-refractivity contribution in [3.05, 3.63) is 34.9 Å². The number of nitrogens with two attached hydrogens (primary N) is 4. The van der Waals surface area contributed by atoms with Gasteiger partial charge < -0.3 is 39.0 Å². The van der Waals surface area contributed by atoms with E-state index in [1.807, 2.05) is 0 Å². The molecule has 0 spiro atoms. The van der Waals surface area contributed by atoms with E-state index in [0.717, 1.165) is 4.57 Å². The molecule has 1 amide bonds. The van der Waals surface area contributed by atoms with Crippen LogP contribution in [0.1, 0.15) is 19.1 Å². The van der Waals surface area contributed by atoms with E-state index in [2.05, 4.69) is 10.3 Å². The van der Waals surface area contributed by atoms with Crippen molar-refractivity contribution in [2.75, 3.05) is 19.3 Å². The summed E-state index contributed by atoms with van der Waals surface area (Å²) in [6, 6.07) is -0.0285. The van der Waals surface area contributed by atoms with Crippen LogP contribution in [0.4, 0.5) is 5.82 Å². The second-order valence-corrected chi connectivity index (χ2v) is 6.91. The molecular weight excluding hydrogens is 432 g/mol. The highest BCUT2D eigenvalue weighted by Gasteiger charge is 2.35. The Bertz CT molecular complexity index is 914. The molecule has 13 nitrogen and oxygen atoms in total. The average molecular weight is 459 g/mol. The lowest BCUT2D eigenvalue weighted by atomic mass is 10.1. The van der Waals surface area contributed by atoms with Crippen molar-refractivity contribution in [3.63, 3.8) is 0 Å². The number of nitrogens with zero attached hydrogens (tertiary/aromatic N) is 3. The minimum atomic E-state index is -1.41. The first-order valence-electron chi connectivity index (χ1n) is 9.13. The van der Waals surface area contributed by atoms with Gasteiger partial charge >= 0.3 is 17.6 Å². The highest BCUT2D eigenvalue weighted by atomic mass is 35.5. The van der Waals surface area contributed by atoms with Gasteiger partial charge in [-0.3, -0.25) is 25.4 Å². The number of halogens is 1. The summed E-state index contributed by atoms with van der Waals surface area (Å²) in [4.78, 5) is 39.5. The number of nitrogens with one attached hydrogen (secondary N) is 1. The fourth-order valence-electron chi connectivity index (χ4n) is 2.78. The van der Waals surface area contributed by atoms with E-state index in [9.17, 15) is 19.5 Å². The fourth-order valence-corrected chi connectivity index (χ4v) is 2.78. The number of aromatic nitrogens is 2. The van der Waals surface area contributed by atoms with Crippen LogP contribution < -0.4 is 46.3 Å². The van der Waals surface area contributed by atoms with Gasteiger partial charge in [-0.25, -0.2) is 9.59 Å². The van der Waals surface area contributed by atoms with Gasteiger partial charge in [-0.2, -0.15) is 4.98 Å². The molecule has 1 aliphatic rings. The van der Waals surface area contributed by atoms with E-state index in [0.29, 0.717) is 13.0 Å². The third kappa shape index (κ3) is 7.24. The number of carbonyl (C=O) groups is 2. The van der Waals surface area contributed by atoms with E-state index in [1.165, 1.54) is 24.4 Å². The first kappa shape index (κ1) is 25.9. The van der Waals surface area contributed by atoms with Crippen molar-refractivity contribution < 1.29 is 36.4 Å². The molecule has 14 heteroatoms. The molecule has 0 saturated carbocycles. The molecule has 0 radical (unpaired) electrons. The Balaban J connectivity index is 0.00000480. The lowest BCUT2D eigenvalue weighted by Gasteiger charge is -2.31. The summed E-state index contributed by atoms with van der Waals surface area (Å²) in [5, 5.41) is 12.1. The number of rotatable bonds is 8. The van der Waals surface area contributed by atoms with Crippen molar-refractivity contribution in [1.29, 1.82) is 0 Å². The van der Waals surface area contributed by atoms with Gasteiger partial charge in [-0.15, -0.1) is 0 Å². The van der Waals surface area contributed by atoms with Crippen LogP contribution in [0.3, 0.4) is 0 Å². The van der Waals surface area contributed by atoms with Crippen LogP contribution in [-0.2, 0) is 14.3 Å². The van der Waals surface area contributed by atoms with Crippen LogP contribution in [0.25, 0.3) is 0 Å². The Morgan fingerprint density at radius 1 is 1.39 bits per heavy atom. The van der Waals surface area contributed by atoms with Gasteiger partial charge in [0.25, 0.3) is 0 Å². The molecular formula is C17H27ClN8O5. The summed E-state index contributed by atoms with van der Waals surface area (Å²) in [7, 11) is 1.70. The lowest BCUT2D eigenvalue weighted by molar-refractivity contribution is -0.500. The molecule has 2 heterocycles. The Labute approximate surface area is 184 Å². The summed E-state index contributed by atoms with van der Waals surface area (Å²) in [5.74, 6) is -1.56. The highest BCUT2D eigenvalue weighted by molar-refractivity contribution is 5.80. The normalized spacial score (nSPS) is 20.9. The minimum absolute atomic E-state index is 0. The average Bonchev–Trinajstić information content (AvgIpc) is 2.66. The van der Waals surface area contributed by atoms with Crippen molar-refractivity contribution in [2.45, 2.75) is 37.3 Å². The molecule has 0 unspecified atom stereocenters. The lowest BCUT2D eigenvalue weighted by Crippen LogP contribution is -3.00. The van der Waals surface area contributed by atoms with Gasteiger partial charge in [0.15, 0.2) is 12.3 Å². The van der Waals surface area contributed by atoms with Crippen molar-refractivity contribution >= 4 is 23.7 Å². The standard InChI is InChI=1S/C17H26N8O5.ClH/c1-24(16(20)21)6-4-9(18)8-12(26)22-10-2-3-13(30-14(10)15(27)28)25-7-5-11(19)23-17(25)29;/h2-3,5,7,9-10,13-14H,4,6,8,18H2,1H3,(H7,19,20,21,22,23,26,27,28,29);1H/t9-,10+,13+,14-;/m0./s1. The first-order chi connectivity index (χ1) is 14.1. The van der Waals surface area contributed by atoms with Crippen LogP contribution in [0.2, 0.25) is 0 Å². The molecule has 1 aromatic rings. The summed E-state index contributed by atoms with van der Waals surface area (Å²) in [6.07, 6.45) is 2.27. The molecule has 1 aliphatic heterocycles. The second-order valence-electron chi connectivity index (χ2n) is 6.91. The SMILES string of the molecule is C[N+](CC[C@H](N)CC(=O)N[C@@H]1C=C[C@H](n2ccc(N)nc2=O)O[C@@H]1C(=O)O)=C(N)N.[Cl-]. The first-order valence-corrected chi connectivity index (χ1v) is 9.13. The van der Waals surface area contributed by atoms with Gasteiger partial charge in [0, 0.05) is 18.7 Å². The maximum Gasteiger partial charge on any atom is 0.351 e. The number of carbonyl (C=O) groups excluding carboxylic acids is 1. The van der Waals surface area contributed by atoms with E-state index >= 15 is 0 Å². The Kier molecular flexibility index (Phi) is 9.42. The number of ether oxygens (including phenoxy) is 1. The number of carboxylic acid groups (broad SMARTS) is 1. The Morgan fingerprint density at radius 2 is 2.06 bits per heavy atom. The van der Waals surface area contributed by atoms with Gasteiger partial charge in [-0.1, -0.05) is 6.08 Å². The molecule has 10 N–H and O–H groups in total. The Hall–Kier alpha value is -3.16. The Morgan fingerprint density at radius 3 is 2.65 bits per heavy atom. The molecule has 2 rings (SSSR count). The quantitative estimate of drug-likeness (QED) is 0.0936. The van der Waals surface area contributed by atoms with Gasteiger partial charge in [0.05, 0.1) is 19.6 Å². The molecule has 0 aliphatic carbocycles. The van der Waals surface area contributed by atoms with Crippen LogP contribution in [0, 0.1) is 0 Å². The number of aliphatic carboxylic acids is 1. The van der Waals surface area contributed by atoms with Crippen LogP contribution in [0.15, 0.2) is 29.2 Å². The van der Waals surface area contributed by atoms with Crippen molar-refractivity contribution in [2.24, 2.45) is 17.2 Å². The number of nitrogen functional groups attached to an aromatic ring is 1. The van der Waals surface area contributed by atoms with Crippen LogP contribution in [0.5, 0.6) is 0 Å². The largest absolute Gasteiger partial charge is 1.00 e. The maximum atomic E-state index is 12.3. The van der Waals surface area contributed by atoms with Gasteiger partial charge in [0.1, 0.15) is 5.82 Å².